The normalized spacial score (nSPS) is 13.0. The molecule has 1 atom stereocenters. The van der Waals surface area contributed by atoms with E-state index in [0.29, 0.717) is 5.69 Å². The fourth-order valence-corrected chi connectivity index (χ4v) is 1.59. The van der Waals surface area contributed by atoms with E-state index in [1.807, 2.05) is 0 Å². The molecule has 0 aromatic carbocycles. The molecule has 0 fully saturated rings. The summed E-state index contributed by atoms with van der Waals surface area (Å²) < 4.78 is 37.8. The highest BCUT2D eigenvalue weighted by Gasteiger charge is 2.35. The highest BCUT2D eigenvalue weighted by Crippen LogP contribution is 2.28. The van der Waals surface area contributed by atoms with Crippen molar-refractivity contribution < 1.29 is 13.2 Å². The molecule has 0 aliphatic rings. The van der Waals surface area contributed by atoms with Crippen molar-refractivity contribution in [2.24, 2.45) is 0 Å². The highest BCUT2D eigenvalue weighted by atomic mass is 19.4. The zero-order chi connectivity index (χ0) is 14.8. The molecule has 0 radical (unpaired) electrons. The monoisotopic (exact) mass is 283 g/mol. The van der Waals surface area contributed by atoms with E-state index in [0.717, 1.165) is 0 Å². The van der Waals surface area contributed by atoms with E-state index in [4.69, 9.17) is 5.73 Å². The van der Waals surface area contributed by atoms with E-state index in [1.165, 1.54) is 6.07 Å². The van der Waals surface area contributed by atoms with Crippen LogP contribution in [0.2, 0.25) is 0 Å². The summed E-state index contributed by atoms with van der Waals surface area (Å²) in [6, 6.07) is 6.23. The van der Waals surface area contributed by atoms with Gasteiger partial charge in [-0.3, -0.25) is 4.98 Å². The van der Waals surface area contributed by atoms with Gasteiger partial charge in [-0.15, -0.1) is 0 Å². The molecule has 0 aliphatic heterocycles. The van der Waals surface area contributed by atoms with E-state index >= 15 is 0 Å². The Morgan fingerprint density at radius 2 is 2.00 bits per heavy atom. The van der Waals surface area contributed by atoms with Crippen molar-refractivity contribution in [1.82, 2.24) is 15.0 Å². The third kappa shape index (κ3) is 3.34. The fraction of sp³-hybridized carbons (Fsp3) is 0.250. The maximum atomic E-state index is 12.6. The van der Waals surface area contributed by atoms with Gasteiger partial charge < -0.3 is 11.1 Å². The van der Waals surface area contributed by atoms with Crippen molar-refractivity contribution >= 4 is 11.6 Å². The van der Waals surface area contributed by atoms with Gasteiger partial charge in [-0.05, 0) is 19.1 Å². The Labute approximate surface area is 113 Å². The molecular weight excluding hydrogens is 271 g/mol. The number of nitrogens with two attached hydrogens (primary N) is 1. The summed E-state index contributed by atoms with van der Waals surface area (Å²) in [4.78, 5) is 10.7. The second kappa shape index (κ2) is 5.32. The molecule has 0 aliphatic carbocycles. The molecule has 5 nitrogen and oxygen atoms in total. The molecule has 2 aromatic rings. The maximum absolute atomic E-state index is 12.6. The van der Waals surface area contributed by atoms with E-state index in [-0.39, 0.29) is 17.7 Å². The molecule has 0 saturated carbocycles. The van der Waals surface area contributed by atoms with Crippen LogP contribution in [0.1, 0.15) is 24.5 Å². The summed E-state index contributed by atoms with van der Waals surface area (Å²) in [5, 5.41) is 2.82. The number of anilines is 2. The van der Waals surface area contributed by atoms with Crippen LogP contribution in [-0.4, -0.2) is 15.0 Å². The van der Waals surface area contributed by atoms with Gasteiger partial charge in [0.1, 0.15) is 11.6 Å². The number of halogens is 3. The van der Waals surface area contributed by atoms with Gasteiger partial charge in [-0.25, -0.2) is 9.97 Å². The molecule has 1 unspecified atom stereocenters. The number of nitrogen functional groups attached to an aromatic ring is 1. The van der Waals surface area contributed by atoms with Crippen molar-refractivity contribution in [3.05, 3.63) is 42.0 Å². The van der Waals surface area contributed by atoms with Crippen LogP contribution in [0, 0.1) is 0 Å². The molecular formula is C12H12F3N5. The third-order valence-corrected chi connectivity index (χ3v) is 2.50. The number of aromatic nitrogens is 3. The van der Waals surface area contributed by atoms with Gasteiger partial charge >= 0.3 is 6.18 Å². The molecule has 2 heterocycles. The van der Waals surface area contributed by atoms with Gasteiger partial charge in [0.15, 0.2) is 0 Å². The smallest absolute Gasteiger partial charge is 0.384 e. The minimum absolute atomic E-state index is 0.00276. The zero-order valence-corrected chi connectivity index (χ0v) is 10.5. The first kappa shape index (κ1) is 14.0. The second-order valence-electron chi connectivity index (χ2n) is 4.12. The third-order valence-electron chi connectivity index (χ3n) is 2.50. The van der Waals surface area contributed by atoms with E-state index in [1.54, 1.807) is 31.3 Å². The number of hydrogen-bond acceptors (Lipinski definition) is 5. The van der Waals surface area contributed by atoms with Gasteiger partial charge in [0.2, 0.25) is 5.82 Å². The predicted octanol–water partition coefficient (Wildman–Crippen LogP) is 2.65. The lowest BCUT2D eigenvalue weighted by atomic mass is 10.2. The Morgan fingerprint density at radius 1 is 1.25 bits per heavy atom. The highest BCUT2D eigenvalue weighted by molar-refractivity contribution is 5.46. The molecule has 0 spiro atoms. The predicted molar refractivity (Wildman–Crippen MR) is 67.7 cm³/mol. The van der Waals surface area contributed by atoms with Crippen LogP contribution in [-0.2, 0) is 6.18 Å². The number of nitrogens with zero attached hydrogens (tertiary/aromatic N) is 3. The van der Waals surface area contributed by atoms with Gasteiger partial charge in [0.05, 0.1) is 11.7 Å². The van der Waals surface area contributed by atoms with E-state index in [2.05, 4.69) is 20.3 Å². The zero-order valence-electron chi connectivity index (χ0n) is 10.5. The van der Waals surface area contributed by atoms with Crippen LogP contribution < -0.4 is 11.1 Å². The minimum Gasteiger partial charge on any atom is -0.384 e. The number of alkyl halides is 3. The van der Waals surface area contributed by atoms with Crippen LogP contribution in [0.5, 0.6) is 0 Å². The molecule has 0 amide bonds. The number of rotatable bonds is 3. The SMILES string of the molecule is CC(Nc1cc(N)nc(C(F)(F)F)n1)c1ccccn1. The van der Waals surface area contributed by atoms with Crippen molar-refractivity contribution in [3.8, 4) is 0 Å². The van der Waals surface area contributed by atoms with Crippen molar-refractivity contribution in [2.75, 3.05) is 11.1 Å². The molecule has 0 saturated heterocycles. The molecule has 2 rings (SSSR count). The van der Waals surface area contributed by atoms with Crippen LogP contribution in [0.4, 0.5) is 24.8 Å². The first-order valence-corrected chi connectivity index (χ1v) is 5.75. The largest absolute Gasteiger partial charge is 0.451 e. The summed E-state index contributed by atoms with van der Waals surface area (Å²) in [5.74, 6) is -1.51. The minimum atomic E-state index is -4.64. The van der Waals surface area contributed by atoms with Gasteiger partial charge in [0, 0.05) is 12.3 Å². The summed E-state index contributed by atoms with van der Waals surface area (Å²) in [5.41, 5.74) is 6.04. The Bertz CT molecular complexity index is 585. The summed E-state index contributed by atoms with van der Waals surface area (Å²) >= 11 is 0. The number of pyridine rings is 1. The lowest BCUT2D eigenvalue weighted by molar-refractivity contribution is -0.144. The van der Waals surface area contributed by atoms with Gasteiger partial charge in [-0.1, -0.05) is 6.07 Å². The summed E-state index contributed by atoms with van der Waals surface area (Å²) in [7, 11) is 0. The number of nitrogens with one attached hydrogen (secondary N) is 1. The standard InChI is InChI=1S/C12H12F3N5/c1-7(8-4-2-3-5-17-8)18-10-6-9(16)19-11(20-10)12(13,14)15/h2-7H,1H3,(H3,16,18,19,20). The average molecular weight is 283 g/mol. The lowest BCUT2D eigenvalue weighted by Gasteiger charge is -2.15. The van der Waals surface area contributed by atoms with Crippen LogP contribution >= 0.6 is 0 Å². The van der Waals surface area contributed by atoms with Crippen molar-refractivity contribution in [1.29, 1.82) is 0 Å². The molecule has 8 heteroatoms. The second-order valence-corrected chi connectivity index (χ2v) is 4.12. The first-order valence-electron chi connectivity index (χ1n) is 5.75. The van der Waals surface area contributed by atoms with Gasteiger partial charge in [0.25, 0.3) is 0 Å². The topological polar surface area (TPSA) is 76.7 Å². The van der Waals surface area contributed by atoms with Gasteiger partial charge in [-0.2, -0.15) is 13.2 Å². The Balaban J connectivity index is 2.24. The Hall–Kier alpha value is -2.38. The summed E-state index contributed by atoms with van der Waals surface area (Å²) in [6.45, 7) is 1.76. The quantitative estimate of drug-likeness (QED) is 0.905. The summed E-state index contributed by atoms with van der Waals surface area (Å²) in [6.07, 6.45) is -3.04. The van der Waals surface area contributed by atoms with E-state index < -0.39 is 12.0 Å². The Morgan fingerprint density at radius 3 is 2.60 bits per heavy atom. The van der Waals surface area contributed by atoms with E-state index in [9.17, 15) is 13.2 Å². The fourth-order valence-electron chi connectivity index (χ4n) is 1.59. The first-order chi connectivity index (χ1) is 9.36. The molecule has 2 aromatic heterocycles. The Kier molecular flexibility index (Phi) is 3.73. The molecule has 0 bridgehead atoms. The van der Waals surface area contributed by atoms with Crippen LogP contribution in [0.15, 0.2) is 30.5 Å². The number of hydrogen-bond donors (Lipinski definition) is 2. The molecule has 20 heavy (non-hydrogen) atoms. The maximum Gasteiger partial charge on any atom is 0.451 e. The lowest BCUT2D eigenvalue weighted by Crippen LogP contribution is -2.16. The van der Waals surface area contributed by atoms with Crippen LogP contribution in [0.3, 0.4) is 0 Å². The van der Waals surface area contributed by atoms with Crippen molar-refractivity contribution in [2.45, 2.75) is 19.1 Å². The van der Waals surface area contributed by atoms with Crippen molar-refractivity contribution in [3.63, 3.8) is 0 Å². The molecule has 3 N–H and O–H groups in total. The van der Waals surface area contributed by atoms with Crippen LogP contribution in [0.25, 0.3) is 0 Å². The molecule has 106 valence electrons. The average Bonchev–Trinajstić information content (AvgIpc) is 2.38.